The van der Waals surface area contributed by atoms with Crippen molar-refractivity contribution in [2.45, 2.75) is 61.0 Å². The molecule has 0 radical (unpaired) electrons. The molecule has 0 amide bonds. The Morgan fingerprint density at radius 1 is 0.903 bits per heavy atom. The minimum absolute atomic E-state index is 0.228. The molecule has 0 heterocycles. The summed E-state index contributed by atoms with van der Waals surface area (Å²) in [6.07, 6.45) is 0.00991. The zero-order valence-electron chi connectivity index (χ0n) is 20.0. The lowest BCUT2D eigenvalue weighted by molar-refractivity contribution is -0.158. The lowest BCUT2D eigenvalue weighted by Crippen LogP contribution is -2.42. The van der Waals surface area contributed by atoms with Gasteiger partial charge in [0.25, 0.3) is 0 Å². The van der Waals surface area contributed by atoms with Gasteiger partial charge in [-0.2, -0.15) is 0 Å². The Kier molecular flexibility index (Phi) is 7.51. The number of carbonyl (C=O) groups is 2. The van der Waals surface area contributed by atoms with Crippen LogP contribution in [0.3, 0.4) is 0 Å². The Morgan fingerprint density at radius 3 is 2.03 bits per heavy atom. The summed E-state index contributed by atoms with van der Waals surface area (Å²) in [4.78, 5) is 25.2. The average molecular weight is 423 g/mol. The third kappa shape index (κ3) is 6.57. The average Bonchev–Trinajstić information content (AvgIpc) is 2.68. The van der Waals surface area contributed by atoms with Gasteiger partial charge in [0, 0.05) is 6.42 Å². The molecule has 166 valence electrons. The van der Waals surface area contributed by atoms with Crippen LogP contribution in [0.4, 0.5) is 0 Å². The number of rotatable bonds is 5. The van der Waals surface area contributed by atoms with Crippen molar-refractivity contribution < 1.29 is 19.1 Å². The summed E-state index contributed by atoms with van der Waals surface area (Å²) in [5, 5.41) is 2.21. The fraction of sp³-hybridized carbons (Fsp3) is 0.444. The molecule has 0 atom stereocenters. The first-order valence-corrected chi connectivity index (χ1v) is 10.6. The fourth-order valence-corrected chi connectivity index (χ4v) is 3.97. The molecule has 0 saturated carbocycles. The molecule has 2 aromatic carbocycles. The van der Waals surface area contributed by atoms with Gasteiger partial charge in [-0.1, -0.05) is 89.7 Å². The highest BCUT2D eigenvalue weighted by molar-refractivity contribution is 5.93. The van der Waals surface area contributed by atoms with Crippen molar-refractivity contribution in [1.82, 2.24) is 0 Å². The molecule has 31 heavy (non-hydrogen) atoms. The lowest BCUT2D eigenvalue weighted by Gasteiger charge is -2.39. The molecular formula is C27H34O4. The Bertz CT molecular complexity index is 1010. The largest absolute Gasteiger partial charge is 0.465 e. The summed E-state index contributed by atoms with van der Waals surface area (Å²) in [5.74, 6) is -0.988. The highest BCUT2D eigenvalue weighted by Crippen LogP contribution is 2.36. The van der Waals surface area contributed by atoms with Gasteiger partial charge >= 0.3 is 11.9 Å². The van der Waals surface area contributed by atoms with Crippen molar-refractivity contribution in [2.24, 2.45) is 10.8 Å². The molecule has 0 bridgehead atoms. The zero-order valence-corrected chi connectivity index (χ0v) is 20.0. The molecule has 2 aromatic rings. The van der Waals surface area contributed by atoms with E-state index < -0.39 is 11.9 Å². The number of hydrogen-bond donors (Lipinski definition) is 0. The predicted molar refractivity (Wildman–Crippen MR) is 125 cm³/mol. The Balaban J connectivity index is 2.39. The number of hydrogen-bond acceptors (Lipinski definition) is 4. The van der Waals surface area contributed by atoms with Gasteiger partial charge in [-0.3, -0.25) is 0 Å². The van der Waals surface area contributed by atoms with Crippen LogP contribution in [-0.4, -0.2) is 25.2 Å². The number of carbonyl (C=O) groups excluding carboxylic acids is 2. The molecule has 0 aromatic heterocycles. The standard InChI is InChI=1S/C27H34O4/c1-18(23(28)31-25(26(2,3)4)27(5,6)7)15-22(24(29)30-8)17-19-13-14-20-11-9-10-12-21(20)16-19/h9-14,16,25H,17H2,1-8H3. The molecule has 4 heteroatoms. The second-order valence-electron chi connectivity index (χ2n) is 10.1. The Morgan fingerprint density at radius 2 is 1.48 bits per heavy atom. The molecule has 0 N–H and O–H groups in total. The smallest absolute Gasteiger partial charge is 0.341 e. The second-order valence-corrected chi connectivity index (χ2v) is 10.1. The number of methoxy groups -OCH3 is 1. The van der Waals surface area contributed by atoms with E-state index in [4.69, 9.17) is 9.47 Å². The molecule has 2 rings (SSSR count). The van der Waals surface area contributed by atoms with Crippen LogP contribution >= 0.6 is 0 Å². The normalized spacial score (nSPS) is 11.8. The predicted octanol–water partition coefficient (Wildman–Crippen LogP) is 6.03. The van der Waals surface area contributed by atoms with E-state index in [-0.39, 0.29) is 28.1 Å². The summed E-state index contributed by atoms with van der Waals surface area (Å²) >= 11 is 0. The van der Waals surface area contributed by atoms with Gasteiger partial charge in [-0.05, 0) is 34.1 Å². The molecule has 0 unspecified atom stereocenters. The van der Waals surface area contributed by atoms with Gasteiger partial charge in [0.05, 0.1) is 18.3 Å². The summed E-state index contributed by atoms with van der Waals surface area (Å²) < 4.78 is 10.8. The maximum Gasteiger partial charge on any atom is 0.341 e. The number of fused-ring (bicyclic) bond motifs is 1. The number of ether oxygens (including phenoxy) is 2. The van der Waals surface area contributed by atoms with Crippen LogP contribution in [-0.2, 0) is 25.5 Å². The van der Waals surface area contributed by atoms with E-state index in [9.17, 15) is 9.59 Å². The molecule has 0 aliphatic carbocycles. The maximum absolute atomic E-state index is 12.8. The van der Waals surface area contributed by atoms with Crippen LogP contribution in [0.2, 0.25) is 0 Å². The topological polar surface area (TPSA) is 52.6 Å². The van der Waals surface area contributed by atoms with Crippen molar-refractivity contribution >= 4 is 22.7 Å². The molecule has 0 aliphatic rings. The quantitative estimate of drug-likeness (QED) is 0.335. The van der Waals surface area contributed by atoms with E-state index in [0.717, 1.165) is 16.3 Å². The summed E-state index contributed by atoms with van der Waals surface area (Å²) in [5.41, 5.74) is 3.98. The van der Waals surface area contributed by atoms with Crippen LogP contribution in [0.25, 0.3) is 10.8 Å². The van der Waals surface area contributed by atoms with E-state index >= 15 is 0 Å². The van der Waals surface area contributed by atoms with Crippen LogP contribution in [0.15, 0.2) is 59.3 Å². The van der Waals surface area contributed by atoms with E-state index in [1.54, 1.807) is 6.92 Å². The van der Waals surface area contributed by atoms with Gasteiger partial charge in [0.1, 0.15) is 6.10 Å². The van der Waals surface area contributed by atoms with Crippen LogP contribution in [0.5, 0.6) is 0 Å². The highest BCUT2D eigenvalue weighted by Gasteiger charge is 2.38. The van der Waals surface area contributed by atoms with Crippen LogP contribution in [0, 0.1) is 10.8 Å². The second kappa shape index (κ2) is 9.53. The molecule has 4 nitrogen and oxygen atoms in total. The van der Waals surface area contributed by atoms with Gasteiger partial charge < -0.3 is 9.47 Å². The van der Waals surface area contributed by atoms with Gasteiger partial charge in [-0.25, -0.2) is 9.59 Å². The van der Waals surface area contributed by atoms with Crippen LogP contribution < -0.4 is 0 Å². The molecule has 0 spiro atoms. The van der Waals surface area contributed by atoms with E-state index in [2.05, 4.69) is 5.73 Å². The first-order chi connectivity index (χ1) is 14.3. The lowest BCUT2D eigenvalue weighted by atomic mass is 9.74. The van der Waals surface area contributed by atoms with E-state index in [1.807, 2.05) is 84.0 Å². The molecule has 0 aliphatic heterocycles. The van der Waals surface area contributed by atoms with Crippen molar-refractivity contribution in [2.75, 3.05) is 7.11 Å². The third-order valence-electron chi connectivity index (χ3n) is 5.07. The van der Waals surface area contributed by atoms with Crippen LogP contribution in [0.1, 0.15) is 54.0 Å². The maximum atomic E-state index is 12.8. The fourth-order valence-electron chi connectivity index (χ4n) is 3.97. The third-order valence-corrected chi connectivity index (χ3v) is 5.07. The first kappa shape index (κ1) is 24.4. The first-order valence-electron chi connectivity index (χ1n) is 10.6. The summed E-state index contributed by atoms with van der Waals surface area (Å²) in [7, 11) is 1.33. The number of esters is 2. The molecule has 0 fully saturated rings. The summed E-state index contributed by atoms with van der Waals surface area (Å²) in [6, 6.07) is 14.0. The van der Waals surface area contributed by atoms with Crippen molar-refractivity contribution in [3.05, 3.63) is 64.9 Å². The van der Waals surface area contributed by atoms with E-state index in [0.29, 0.717) is 6.42 Å². The van der Waals surface area contributed by atoms with Gasteiger partial charge in [0.2, 0.25) is 0 Å². The van der Waals surface area contributed by atoms with Crippen molar-refractivity contribution in [1.29, 1.82) is 0 Å². The molecular weight excluding hydrogens is 388 g/mol. The zero-order chi connectivity index (χ0) is 23.4. The minimum Gasteiger partial charge on any atom is -0.465 e. The SMILES string of the molecule is COC(=O)C(=C=C(C)C(=O)OC(C(C)(C)C)C(C)(C)C)Cc1ccc2ccccc2c1. The Labute approximate surface area is 185 Å². The minimum atomic E-state index is -0.511. The van der Waals surface area contributed by atoms with Gasteiger partial charge in [0.15, 0.2) is 0 Å². The summed E-state index contributed by atoms with van der Waals surface area (Å²) in [6.45, 7) is 13.9. The Hall–Kier alpha value is -2.84. The monoisotopic (exact) mass is 422 g/mol. The highest BCUT2D eigenvalue weighted by atomic mass is 16.5. The van der Waals surface area contributed by atoms with Crippen molar-refractivity contribution in [3.63, 3.8) is 0 Å². The number of benzene rings is 2. The van der Waals surface area contributed by atoms with Gasteiger partial charge in [-0.15, -0.1) is 0 Å². The van der Waals surface area contributed by atoms with E-state index in [1.165, 1.54) is 7.11 Å². The van der Waals surface area contributed by atoms with Crippen molar-refractivity contribution in [3.8, 4) is 0 Å². The molecule has 0 saturated heterocycles.